The number of nitrogens with one attached hydrogen (secondary N) is 1. The molecule has 0 heterocycles. The summed E-state index contributed by atoms with van der Waals surface area (Å²) in [5.41, 5.74) is 6.17. The first-order chi connectivity index (χ1) is 15.7. The van der Waals surface area contributed by atoms with Crippen LogP contribution >= 0.6 is 0 Å². The third-order valence-electron chi connectivity index (χ3n) is 5.08. The zero-order chi connectivity index (χ0) is 24.0. The minimum Gasteiger partial charge on any atom is -0.481 e. The number of sulfone groups is 1. The van der Waals surface area contributed by atoms with E-state index in [1.54, 1.807) is 30.3 Å². The van der Waals surface area contributed by atoms with Gasteiger partial charge >= 0.3 is 5.97 Å². The number of hydrogen-bond acceptors (Lipinski definition) is 6. The maximum absolute atomic E-state index is 12.8. The van der Waals surface area contributed by atoms with E-state index in [9.17, 15) is 22.8 Å². The summed E-state index contributed by atoms with van der Waals surface area (Å²) in [7, 11) is -3.74. The average Bonchev–Trinajstić information content (AvgIpc) is 2.81. The molecule has 0 saturated heterocycles. The van der Waals surface area contributed by atoms with E-state index < -0.39 is 33.7 Å². The van der Waals surface area contributed by atoms with Crippen molar-refractivity contribution in [3.05, 3.63) is 83.6 Å². The van der Waals surface area contributed by atoms with E-state index in [0.29, 0.717) is 5.56 Å². The Balaban J connectivity index is 1.71. The van der Waals surface area contributed by atoms with Crippen molar-refractivity contribution < 1.29 is 27.9 Å². The summed E-state index contributed by atoms with van der Waals surface area (Å²) < 4.78 is 25.7. The number of aliphatic carboxylic acids is 1. The second-order valence-electron chi connectivity index (χ2n) is 7.44. The Morgan fingerprint density at radius 3 is 2.36 bits per heavy atom. The third kappa shape index (κ3) is 6.24. The van der Waals surface area contributed by atoms with Crippen LogP contribution in [0, 0.1) is 5.75 Å². The van der Waals surface area contributed by atoms with Crippen LogP contribution in [0.5, 0.6) is 0 Å². The summed E-state index contributed by atoms with van der Waals surface area (Å²) in [6, 6.07) is 17.4. The fourth-order valence-electron chi connectivity index (χ4n) is 3.24. The molecule has 0 fully saturated rings. The molecule has 3 aromatic rings. The number of rotatable bonds is 9. The number of carbonyl (C=O) groups excluding carboxylic acids is 2. The zero-order valence-corrected chi connectivity index (χ0v) is 18.4. The van der Waals surface area contributed by atoms with Crippen LogP contribution in [-0.4, -0.2) is 37.3 Å². The second-order valence-corrected chi connectivity index (χ2v) is 9.33. The fraction of sp³-hybridized carbons (Fsp3) is 0.167. The van der Waals surface area contributed by atoms with E-state index in [0.717, 1.165) is 16.5 Å². The normalized spacial score (nSPS) is 12.3. The van der Waals surface area contributed by atoms with Gasteiger partial charge in [-0.05, 0) is 47.4 Å². The average molecular weight is 468 g/mol. The molecule has 0 aliphatic carbocycles. The molecule has 2 amide bonds. The maximum atomic E-state index is 12.8. The number of nitrogens with two attached hydrogens (primary N) is 1. The molecule has 4 N–H and O–H groups in total. The van der Waals surface area contributed by atoms with Crippen molar-refractivity contribution >= 4 is 38.4 Å². The molecule has 3 aromatic carbocycles. The molecule has 0 unspecified atom stereocenters. The molecular formula is C24H23N2O6S. The van der Waals surface area contributed by atoms with Crippen LogP contribution in [-0.2, 0) is 25.8 Å². The Hall–Kier alpha value is -3.56. The lowest BCUT2D eigenvalue weighted by atomic mass is 10.0. The standard InChI is InChI=1S/C24H23N2O6S/c25-21(11-12-22(27)28)24(30)26-23(29)20-8-4-3-6-17(20)13-14-33(31,32)19-10-9-16-5-1-2-7-18(16)15-19/h1-10,14-15,21H,11-13,25H2,(H,27,28)(H,26,29,30)/t21-/m0/s1. The number of imide groups is 1. The highest BCUT2D eigenvalue weighted by atomic mass is 32.2. The minimum atomic E-state index is -3.74. The van der Waals surface area contributed by atoms with Crippen LogP contribution < -0.4 is 11.1 Å². The van der Waals surface area contributed by atoms with Gasteiger partial charge in [0.05, 0.1) is 16.7 Å². The van der Waals surface area contributed by atoms with Gasteiger partial charge in [-0.15, -0.1) is 0 Å². The Labute approximate surface area is 191 Å². The molecule has 3 rings (SSSR count). The van der Waals surface area contributed by atoms with Crippen LogP contribution in [0.3, 0.4) is 0 Å². The Kier molecular flexibility index (Phi) is 7.57. The van der Waals surface area contributed by atoms with Crippen LogP contribution in [0.25, 0.3) is 10.8 Å². The van der Waals surface area contributed by atoms with Crippen molar-refractivity contribution in [3.63, 3.8) is 0 Å². The van der Waals surface area contributed by atoms with Gasteiger partial charge in [-0.25, -0.2) is 8.42 Å². The van der Waals surface area contributed by atoms with Crippen molar-refractivity contribution in [1.29, 1.82) is 0 Å². The molecule has 1 atom stereocenters. The number of carbonyl (C=O) groups is 3. The topological polar surface area (TPSA) is 144 Å². The fourth-order valence-corrected chi connectivity index (χ4v) is 4.38. The smallest absolute Gasteiger partial charge is 0.303 e. The molecule has 0 aliphatic rings. The summed E-state index contributed by atoms with van der Waals surface area (Å²) in [6.45, 7) is 0. The van der Waals surface area contributed by atoms with Gasteiger partial charge in [0.25, 0.3) is 5.91 Å². The van der Waals surface area contributed by atoms with Gasteiger partial charge < -0.3 is 10.8 Å². The first kappa shape index (κ1) is 24.1. The maximum Gasteiger partial charge on any atom is 0.303 e. The van der Waals surface area contributed by atoms with E-state index in [1.165, 1.54) is 12.1 Å². The Morgan fingerprint density at radius 2 is 1.64 bits per heavy atom. The van der Waals surface area contributed by atoms with Crippen molar-refractivity contribution in [2.45, 2.75) is 30.2 Å². The van der Waals surface area contributed by atoms with E-state index in [-0.39, 0.29) is 29.7 Å². The molecule has 8 nitrogen and oxygen atoms in total. The highest BCUT2D eigenvalue weighted by Gasteiger charge is 2.21. The molecule has 9 heteroatoms. The van der Waals surface area contributed by atoms with Gasteiger partial charge in [-0.2, -0.15) is 0 Å². The van der Waals surface area contributed by atoms with Crippen molar-refractivity contribution in [2.24, 2.45) is 5.73 Å². The molecule has 0 aliphatic heterocycles. The highest BCUT2D eigenvalue weighted by molar-refractivity contribution is 7.93. The summed E-state index contributed by atoms with van der Waals surface area (Å²) in [5, 5.41) is 12.6. The van der Waals surface area contributed by atoms with E-state index in [2.05, 4.69) is 5.32 Å². The van der Waals surface area contributed by atoms with Crippen LogP contribution in [0.15, 0.2) is 71.6 Å². The number of hydrogen-bond donors (Lipinski definition) is 3. The lowest BCUT2D eigenvalue weighted by Crippen LogP contribution is -2.43. The van der Waals surface area contributed by atoms with Gasteiger partial charge in [0.1, 0.15) is 0 Å². The van der Waals surface area contributed by atoms with E-state index >= 15 is 0 Å². The summed E-state index contributed by atoms with van der Waals surface area (Å²) in [5.74, 6) is -1.51. The number of fused-ring (bicyclic) bond motifs is 1. The number of carboxylic acids is 1. The predicted molar refractivity (Wildman–Crippen MR) is 123 cm³/mol. The lowest BCUT2D eigenvalue weighted by Gasteiger charge is -2.13. The molecule has 0 spiro atoms. The summed E-state index contributed by atoms with van der Waals surface area (Å²) >= 11 is 0. The SMILES string of the molecule is N[C@@H](CCC(=O)O)C(=O)NC(=O)c1ccccc1C[CH]S(=O)(=O)c1ccc2ccccc2c1. The largest absolute Gasteiger partial charge is 0.481 e. The molecule has 171 valence electrons. The number of benzene rings is 3. The van der Waals surface area contributed by atoms with Gasteiger partial charge in [0, 0.05) is 12.0 Å². The lowest BCUT2D eigenvalue weighted by molar-refractivity contribution is -0.137. The number of amides is 2. The minimum absolute atomic E-state index is 0.0575. The molecule has 0 bridgehead atoms. The molecule has 1 radical (unpaired) electrons. The first-order valence-corrected chi connectivity index (χ1v) is 11.7. The van der Waals surface area contributed by atoms with Crippen molar-refractivity contribution in [1.82, 2.24) is 5.32 Å². The van der Waals surface area contributed by atoms with Gasteiger partial charge in [-0.3, -0.25) is 19.7 Å². The van der Waals surface area contributed by atoms with Crippen LogP contribution in [0.1, 0.15) is 28.8 Å². The van der Waals surface area contributed by atoms with E-state index in [4.69, 9.17) is 10.8 Å². The Morgan fingerprint density at radius 1 is 0.970 bits per heavy atom. The first-order valence-electron chi connectivity index (χ1n) is 10.1. The zero-order valence-electron chi connectivity index (χ0n) is 17.6. The summed E-state index contributed by atoms with van der Waals surface area (Å²) in [4.78, 5) is 35.5. The van der Waals surface area contributed by atoms with Crippen molar-refractivity contribution in [3.8, 4) is 0 Å². The quantitative estimate of drug-likeness (QED) is 0.438. The molecule has 0 saturated carbocycles. The summed E-state index contributed by atoms with van der Waals surface area (Å²) in [6.07, 6.45) is -0.479. The third-order valence-corrected chi connectivity index (χ3v) is 6.59. The van der Waals surface area contributed by atoms with Crippen molar-refractivity contribution in [2.75, 3.05) is 0 Å². The van der Waals surface area contributed by atoms with Crippen LogP contribution in [0.4, 0.5) is 0 Å². The predicted octanol–water partition coefficient (Wildman–Crippen LogP) is 2.47. The van der Waals surface area contributed by atoms with Gasteiger partial charge in [0.15, 0.2) is 9.84 Å². The molecule has 0 aromatic heterocycles. The highest BCUT2D eigenvalue weighted by Crippen LogP contribution is 2.23. The molecule has 33 heavy (non-hydrogen) atoms. The molecular weight excluding hydrogens is 444 g/mol. The van der Waals surface area contributed by atoms with Gasteiger partial charge in [0.2, 0.25) is 5.91 Å². The van der Waals surface area contributed by atoms with Gasteiger partial charge in [-0.1, -0.05) is 48.5 Å². The number of carboxylic acid groups (broad SMARTS) is 1. The second kappa shape index (κ2) is 10.4. The van der Waals surface area contributed by atoms with E-state index in [1.807, 2.05) is 24.3 Å². The monoisotopic (exact) mass is 467 g/mol. The Bertz CT molecular complexity index is 1300. The van der Waals surface area contributed by atoms with Crippen LogP contribution in [0.2, 0.25) is 0 Å².